The van der Waals surface area contributed by atoms with Crippen molar-refractivity contribution in [3.63, 3.8) is 0 Å². The number of amides is 1. The lowest BCUT2D eigenvalue weighted by atomic mass is 9.96. The Morgan fingerprint density at radius 1 is 1.33 bits per heavy atom. The van der Waals surface area contributed by atoms with Crippen LogP contribution in [0.3, 0.4) is 0 Å². The number of carboxylic acid groups (broad SMARTS) is 1. The van der Waals surface area contributed by atoms with Crippen molar-refractivity contribution in [3.05, 3.63) is 53.9 Å². The van der Waals surface area contributed by atoms with Crippen molar-refractivity contribution >= 4 is 11.9 Å². The number of nitrogens with one attached hydrogen (secondary N) is 1. The third-order valence-corrected chi connectivity index (χ3v) is 4.96. The number of nitrogens with zero attached hydrogens (tertiary/aromatic N) is 2. The first-order chi connectivity index (χ1) is 13.0. The van der Waals surface area contributed by atoms with E-state index in [0.717, 1.165) is 11.3 Å². The van der Waals surface area contributed by atoms with Crippen molar-refractivity contribution in [2.45, 2.75) is 37.8 Å². The summed E-state index contributed by atoms with van der Waals surface area (Å²) in [5.74, 6) is -1.26. The maximum absolute atomic E-state index is 12.9. The van der Waals surface area contributed by atoms with E-state index in [1.54, 1.807) is 10.9 Å². The molecule has 1 aliphatic heterocycles. The summed E-state index contributed by atoms with van der Waals surface area (Å²) in [4.78, 5) is 23.9. The Morgan fingerprint density at radius 2 is 2.11 bits per heavy atom. The number of carbonyl (C=O) groups is 2. The number of aliphatic carboxylic acids is 1. The Morgan fingerprint density at radius 3 is 2.78 bits per heavy atom. The summed E-state index contributed by atoms with van der Waals surface area (Å²) in [6.07, 6.45) is 3.01. The minimum absolute atomic E-state index is 0.0180. The van der Waals surface area contributed by atoms with Crippen LogP contribution in [0, 0.1) is 5.92 Å². The second-order valence-electron chi connectivity index (χ2n) is 6.89. The Hall–Kier alpha value is -2.67. The van der Waals surface area contributed by atoms with Crippen molar-refractivity contribution in [3.8, 4) is 0 Å². The summed E-state index contributed by atoms with van der Waals surface area (Å²) in [5, 5.41) is 16.3. The molecule has 3 atom stereocenters. The maximum Gasteiger partial charge on any atom is 0.303 e. The fourth-order valence-corrected chi connectivity index (χ4v) is 3.54. The molecule has 1 fully saturated rings. The zero-order chi connectivity index (χ0) is 19.2. The molecule has 27 heavy (non-hydrogen) atoms. The average molecular weight is 371 g/mol. The summed E-state index contributed by atoms with van der Waals surface area (Å²) in [6, 6.07) is 11.4. The van der Waals surface area contributed by atoms with Crippen LogP contribution in [0.4, 0.5) is 0 Å². The molecule has 7 nitrogen and oxygen atoms in total. The first-order valence-corrected chi connectivity index (χ1v) is 9.20. The van der Waals surface area contributed by atoms with E-state index in [4.69, 9.17) is 9.84 Å². The van der Waals surface area contributed by atoms with Crippen LogP contribution in [-0.4, -0.2) is 39.4 Å². The van der Waals surface area contributed by atoms with Gasteiger partial charge in [-0.05, 0) is 30.9 Å². The number of benzene rings is 1. The Balaban J connectivity index is 1.69. The van der Waals surface area contributed by atoms with Gasteiger partial charge in [0.05, 0.1) is 11.6 Å². The topological polar surface area (TPSA) is 93.5 Å². The molecule has 144 valence electrons. The molecule has 0 saturated carbocycles. The van der Waals surface area contributed by atoms with Crippen LogP contribution >= 0.6 is 0 Å². The zero-order valence-electron chi connectivity index (χ0n) is 15.4. The molecule has 1 aromatic carbocycles. The highest BCUT2D eigenvalue weighted by molar-refractivity contribution is 5.80. The van der Waals surface area contributed by atoms with Crippen LogP contribution in [-0.2, 0) is 27.8 Å². The molecule has 7 heteroatoms. The molecule has 1 aromatic heterocycles. The summed E-state index contributed by atoms with van der Waals surface area (Å²) in [5.41, 5.74) is 1.94. The summed E-state index contributed by atoms with van der Waals surface area (Å²) in [6.45, 7) is 0.520. The predicted molar refractivity (Wildman–Crippen MR) is 99.0 cm³/mol. The van der Waals surface area contributed by atoms with Crippen LogP contribution in [0.1, 0.15) is 36.6 Å². The van der Waals surface area contributed by atoms with Gasteiger partial charge in [-0.2, -0.15) is 5.10 Å². The second-order valence-corrected chi connectivity index (χ2v) is 6.89. The van der Waals surface area contributed by atoms with Gasteiger partial charge in [0.2, 0.25) is 5.91 Å². The number of ether oxygens (including phenoxy) is 1. The lowest BCUT2D eigenvalue weighted by Crippen LogP contribution is -2.41. The highest BCUT2D eigenvalue weighted by atomic mass is 16.5. The third-order valence-electron chi connectivity index (χ3n) is 4.96. The molecule has 0 radical (unpaired) electrons. The van der Waals surface area contributed by atoms with Crippen LogP contribution < -0.4 is 5.32 Å². The fraction of sp³-hybridized carbons (Fsp3) is 0.450. The summed E-state index contributed by atoms with van der Waals surface area (Å²) >= 11 is 0. The van der Waals surface area contributed by atoms with Gasteiger partial charge in [0.15, 0.2) is 0 Å². The highest BCUT2D eigenvalue weighted by Gasteiger charge is 2.37. The smallest absolute Gasteiger partial charge is 0.303 e. The SMILES string of the molecule is Cn1nccc1[C@@H]1OCC[C@H]1C(=O)NC(CCC(=O)O)Cc1ccccc1. The number of carbonyl (C=O) groups excluding carboxylic acids is 1. The lowest BCUT2D eigenvalue weighted by Gasteiger charge is -2.23. The van der Waals surface area contributed by atoms with Crippen LogP contribution in [0.25, 0.3) is 0 Å². The highest BCUT2D eigenvalue weighted by Crippen LogP contribution is 2.34. The van der Waals surface area contributed by atoms with Gasteiger partial charge in [0.25, 0.3) is 0 Å². The van der Waals surface area contributed by atoms with E-state index in [9.17, 15) is 9.59 Å². The van der Waals surface area contributed by atoms with Gasteiger partial charge in [0, 0.05) is 32.3 Å². The molecule has 2 heterocycles. The van der Waals surface area contributed by atoms with E-state index in [1.165, 1.54) is 0 Å². The van der Waals surface area contributed by atoms with Crippen LogP contribution in [0.5, 0.6) is 0 Å². The predicted octanol–water partition coefficient (Wildman–Crippen LogP) is 2.09. The first-order valence-electron chi connectivity index (χ1n) is 9.20. The van der Waals surface area contributed by atoms with E-state index in [-0.39, 0.29) is 30.4 Å². The molecule has 0 spiro atoms. The van der Waals surface area contributed by atoms with E-state index >= 15 is 0 Å². The van der Waals surface area contributed by atoms with Crippen molar-refractivity contribution in [1.29, 1.82) is 0 Å². The molecule has 0 bridgehead atoms. The van der Waals surface area contributed by atoms with Crippen molar-refractivity contribution in [2.24, 2.45) is 13.0 Å². The molecule has 2 N–H and O–H groups in total. The number of aromatic nitrogens is 2. The molecular formula is C20H25N3O4. The molecule has 1 aliphatic rings. The number of rotatable bonds is 8. The van der Waals surface area contributed by atoms with Gasteiger partial charge in [-0.3, -0.25) is 14.3 Å². The van der Waals surface area contributed by atoms with E-state index in [1.807, 2.05) is 43.4 Å². The van der Waals surface area contributed by atoms with Crippen LogP contribution in [0.2, 0.25) is 0 Å². The molecule has 3 rings (SSSR count). The fourth-order valence-electron chi connectivity index (χ4n) is 3.54. The number of hydrogen-bond acceptors (Lipinski definition) is 4. The standard InChI is InChI=1S/C20H25N3O4/c1-23-17(9-11-21-23)19-16(10-12-27-19)20(26)22-15(7-8-18(24)25)13-14-5-3-2-4-6-14/h2-6,9,11,15-16,19H,7-8,10,12-13H2,1H3,(H,22,26)(H,24,25)/t15?,16-,19-/m1/s1. The molecule has 2 aromatic rings. The minimum Gasteiger partial charge on any atom is -0.481 e. The molecule has 0 aliphatic carbocycles. The molecular weight excluding hydrogens is 346 g/mol. The van der Waals surface area contributed by atoms with Gasteiger partial charge in [-0.1, -0.05) is 30.3 Å². The minimum atomic E-state index is -0.862. The molecule has 1 unspecified atom stereocenters. The largest absolute Gasteiger partial charge is 0.481 e. The summed E-state index contributed by atoms with van der Waals surface area (Å²) in [7, 11) is 1.83. The number of carboxylic acids is 1. The quantitative estimate of drug-likeness (QED) is 0.741. The lowest BCUT2D eigenvalue weighted by molar-refractivity contribution is -0.137. The van der Waals surface area contributed by atoms with E-state index < -0.39 is 5.97 Å². The van der Waals surface area contributed by atoms with Gasteiger partial charge in [-0.15, -0.1) is 0 Å². The Kier molecular flexibility index (Phi) is 6.24. The Labute approximate surface area is 158 Å². The van der Waals surface area contributed by atoms with E-state index in [0.29, 0.717) is 25.9 Å². The number of hydrogen-bond donors (Lipinski definition) is 2. The van der Waals surface area contributed by atoms with Gasteiger partial charge >= 0.3 is 5.97 Å². The van der Waals surface area contributed by atoms with E-state index in [2.05, 4.69) is 10.4 Å². The summed E-state index contributed by atoms with van der Waals surface area (Å²) < 4.78 is 7.52. The monoisotopic (exact) mass is 371 g/mol. The second kappa shape index (κ2) is 8.81. The van der Waals surface area contributed by atoms with Crippen LogP contribution in [0.15, 0.2) is 42.6 Å². The van der Waals surface area contributed by atoms with Gasteiger partial charge < -0.3 is 15.2 Å². The average Bonchev–Trinajstić information content (AvgIpc) is 3.29. The van der Waals surface area contributed by atoms with Crippen molar-refractivity contribution in [2.75, 3.05) is 6.61 Å². The number of aryl methyl sites for hydroxylation is 1. The van der Waals surface area contributed by atoms with Crippen molar-refractivity contribution < 1.29 is 19.4 Å². The molecule has 1 saturated heterocycles. The molecule has 1 amide bonds. The Bertz CT molecular complexity index is 775. The first kappa shape index (κ1) is 19.1. The normalized spacial score (nSPS) is 20.3. The third kappa shape index (κ3) is 4.95. The van der Waals surface area contributed by atoms with Gasteiger partial charge in [-0.25, -0.2) is 0 Å². The maximum atomic E-state index is 12.9. The zero-order valence-corrected chi connectivity index (χ0v) is 15.4. The van der Waals surface area contributed by atoms with Gasteiger partial charge in [0.1, 0.15) is 6.10 Å². The van der Waals surface area contributed by atoms with Crippen molar-refractivity contribution in [1.82, 2.24) is 15.1 Å².